The monoisotopic (exact) mass is 592 g/mol. The normalized spacial score (nSPS) is 11.6. The molecule has 2 heterocycles. The first-order valence-corrected chi connectivity index (χ1v) is 16.1. The maximum atomic E-state index is 2.47. The first kappa shape index (κ1) is 25.8. The molecule has 0 bridgehead atoms. The van der Waals surface area contributed by atoms with Crippen LogP contribution in [0.4, 0.5) is 17.1 Å². The van der Waals surface area contributed by atoms with Gasteiger partial charge >= 0.3 is 0 Å². The van der Waals surface area contributed by atoms with Crippen molar-refractivity contribution in [3.8, 4) is 16.8 Å². The Hall–Kier alpha value is -5.64. The molecule has 2 aromatic heterocycles. The Balaban J connectivity index is 1.37. The molecule has 2 nitrogen and oxygen atoms in total. The predicted molar refractivity (Wildman–Crippen MR) is 194 cm³/mol. The SMILES string of the molecule is c1ccc(-c2ccc3c(c2)c2ccc4sc5ccc(N(c6ccccc6)c6ccccc6)cc5c4c2n3-c2ccccc2)cc1. The average molecular weight is 593 g/mol. The van der Waals surface area contributed by atoms with Crippen LogP contribution < -0.4 is 4.90 Å². The minimum atomic E-state index is 1.14. The molecule has 0 radical (unpaired) electrons. The summed E-state index contributed by atoms with van der Waals surface area (Å²) in [6.45, 7) is 0. The van der Waals surface area contributed by atoms with Crippen molar-refractivity contribution in [2.75, 3.05) is 4.90 Å². The number of aromatic nitrogens is 1. The van der Waals surface area contributed by atoms with Gasteiger partial charge < -0.3 is 9.47 Å². The molecule has 0 N–H and O–H groups in total. The lowest BCUT2D eigenvalue weighted by Gasteiger charge is -2.25. The molecule has 212 valence electrons. The minimum absolute atomic E-state index is 1.14. The van der Waals surface area contributed by atoms with E-state index >= 15 is 0 Å². The predicted octanol–water partition coefficient (Wildman–Crippen LogP) is 12.3. The van der Waals surface area contributed by atoms with Crippen molar-refractivity contribution in [3.05, 3.63) is 170 Å². The number of hydrogen-bond acceptors (Lipinski definition) is 2. The Morgan fingerprint density at radius 3 is 1.73 bits per heavy atom. The summed E-state index contributed by atoms with van der Waals surface area (Å²) in [6, 6.07) is 61.3. The van der Waals surface area contributed by atoms with Gasteiger partial charge in [0.1, 0.15) is 0 Å². The Labute approximate surface area is 265 Å². The summed E-state index contributed by atoms with van der Waals surface area (Å²) in [6.07, 6.45) is 0. The highest BCUT2D eigenvalue weighted by molar-refractivity contribution is 7.26. The molecule has 0 aliphatic rings. The van der Waals surface area contributed by atoms with E-state index in [1.807, 2.05) is 11.3 Å². The van der Waals surface area contributed by atoms with Crippen molar-refractivity contribution >= 4 is 70.4 Å². The number of fused-ring (bicyclic) bond motifs is 7. The van der Waals surface area contributed by atoms with Gasteiger partial charge in [0.25, 0.3) is 0 Å². The van der Waals surface area contributed by atoms with E-state index in [2.05, 4.69) is 179 Å². The van der Waals surface area contributed by atoms with E-state index in [-0.39, 0.29) is 0 Å². The van der Waals surface area contributed by atoms with Crippen LogP contribution in [0.1, 0.15) is 0 Å². The summed E-state index contributed by atoms with van der Waals surface area (Å²) in [5.74, 6) is 0. The average Bonchev–Trinajstić information content (AvgIpc) is 3.65. The van der Waals surface area contributed by atoms with Crippen LogP contribution in [0.2, 0.25) is 0 Å². The molecule has 0 unspecified atom stereocenters. The molecular weight excluding hydrogens is 565 g/mol. The van der Waals surface area contributed by atoms with Crippen molar-refractivity contribution < 1.29 is 0 Å². The summed E-state index contributed by atoms with van der Waals surface area (Å²) >= 11 is 1.87. The van der Waals surface area contributed by atoms with Crippen LogP contribution in [0, 0.1) is 0 Å². The van der Waals surface area contributed by atoms with Gasteiger partial charge in [0.15, 0.2) is 0 Å². The van der Waals surface area contributed by atoms with E-state index in [0.717, 1.165) is 17.1 Å². The maximum absolute atomic E-state index is 2.47. The summed E-state index contributed by atoms with van der Waals surface area (Å²) in [5.41, 5.74) is 9.53. The molecule has 9 aromatic rings. The van der Waals surface area contributed by atoms with E-state index in [0.29, 0.717) is 0 Å². The zero-order chi connectivity index (χ0) is 29.7. The molecule has 0 amide bonds. The first-order valence-electron chi connectivity index (χ1n) is 15.3. The zero-order valence-corrected chi connectivity index (χ0v) is 25.3. The van der Waals surface area contributed by atoms with Gasteiger partial charge in [-0.05, 0) is 83.9 Å². The van der Waals surface area contributed by atoms with Gasteiger partial charge in [-0.3, -0.25) is 0 Å². The molecule has 0 aliphatic carbocycles. The molecule has 0 saturated carbocycles. The summed E-state index contributed by atoms with van der Waals surface area (Å²) < 4.78 is 5.05. The van der Waals surface area contributed by atoms with Crippen LogP contribution in [0.15, 0.2) is 170 Å². The van der Waals surface area contributed by atoms with Crippen molar-refractivity contribution in [1.82, 2.24) is 4.57 Å². The van der Waals surface area contributed by atoms with Gasteiger partial charge in [-0.15, -0.1) is 11.3 Å². The smallest absolute Gasteiger partial charge is 0.0634 e. The zero-order valence-electron chi connectivity index (χ0n) is 24.5. The third-order valence-corrected chi connectivity index (χ3v) is 9.89. The number of anilines is 3. The highest BCUT2D eigenvalue weighted by Crippen LogP contribution is 2.46. The lowest BCUT2D eigenvalue weighted by atomic mass is 10.0. The second-order valence-corrected chi connectivity index (χ2v) is 12.5. The van der Waals surface area contributed by atoms with Crippen LogP contribution in [0.25, 0.3) is 58.8 Å². The molecule has 45 heavy (non-hydrogen) atoms. The topological polar surface area (TPSA) is 8.17 Å². The Bertz CT molecular complexity index is 2420. The highest BCUT2D eigenvalue weighted by atomic mass is 32.1. The van der Waals surface area contributed by atoms with Crippen molar-refractivity contribution in [2.24, 2.45) is 0 Å². The number of para-hydroxylation sites is 3. The summed E-state index contributed by atoms with van der Waals surface area (Å²) in [5, 5.41) is 5.12. The second-order valence-electron chi connectivity index (χ2n) is 11.4. The van der Waals surface area contributed by atoms with E-state index < -0.39 is 0 Å². The molecular formula is C42H28N2S. The van der Waals surface area contributed by atoms with Crippen molar-refractivity contribution in [3.63, 3.8) is 0 Å². The fraction of sp³-hybridized carbons (Fsp3) is 0. The Morgan fingerprint density at radius 2 is 1.04 bits per heavy atom. The third kappa shape index (κ3) is 4.24. The molecule has 7 aromatic carbocycles. The third-order valence-electron chi connectivity index (χ3n) is 8.75. The fourth-order valence-electron chi connectivity index (χ4n) is 6.75. The molecule has 0 spiro atoms. The van der Waals surface area contributed by atoms with Crippen LogP contribution in [0.5, 0.6) is 0 Å². The van der Waals surface area contributed by atoms with Crippen molar-refractivity contribution in [2.45, 2.75) is 0 Å². The molecule has 0 fully saturated rings. The largest absolute Gasteiger partial charge is 0.310 e. The quantitative estimate of drug-likeness (QED) is 0.193. The standard InChI is InChI=1S/C42H28N2S/c1-5-13-29(14-6-1)30-21-24-38-36(27-30)35-23-26-40-41(42(35)44(38)33-19-11-4-12-20-33)37-28-34(22-25-39(37)45-40)43(31-15-7-2-8-16-31)32-17-9-3-10-18-32/h1-28H. The van der Waals surface area contributed by atoms with Crippen LogP contribution in [0.3, 0.4) is 0 Å². The number of thiophene rings is 1. The van der Waals surface area contributed by atoms with E-state index in [4.69, 9.17) is 0 Å². The number of hydrogen-bond donors (Lipinski definition) is 0. The number of rotatable bonds is 5. The minimum Gasteiger partial charge on any atom is -0.310 e. The number of benzene rings is 7. The molecule has 0 saturated heterocycles. The van der Waals surface area contributed by atoms with Crippen LogP contribution in [-0.2, 0) is 0 Å². The van der Waals surface area contributed by atoms with Gasteiger partial charge in [0, 0.05) is 53.7 Å². The fourth-order valence-corrected chi connectivity index (χ4v) is 7.84. The molecule has 3 heteroatoms. The van der Waals surface area contributed by atoms with Gasteiger partial charge in [0.2, 0.25) is 0 Å². The van der Waals surface area contributed by atoms with Gasteiger partial charge in [-0.25, -0.2) is 0 Å². The van der Waals surface area contributed by atoms with Crippen LogP contribution >= 0.6 is 11.3 Å². The summed E-state index contributed by atoms with van der Waals surface area (Å²) in [4.78, 5) is 2.35. The van der Waals surface area contributed by atoms with E-state index in [1.165, 1.54) is 58.8 Å². The molecule has 0 aliphatic heterocycles. The van der Waals surface area contributed by atoms with Gasteiger partial charge in [0.05, 0.1) is 11.0 Å². The lowest BCUT2D eigenvalue weighted by Crippen LogP contribution is -2.09. The lowest BCUT2D eigenvalue weighted by molar-refractivity contribution is 1.19. The Morgan fingerprint density at radius 1 is 0.422 bits per heavy atom. The van der Waals surface area contributed by atoms with Crippen LogP contribution in [-0.4, -0.2) is 4.57 Å². The second kappa shape index (κ2) is 10.5. The van der Waals surface area contributed by atoms with Gasteiger partial charge in [-0.2, -0.15) is 0 Å². The van der Waals surface area contributed by atoms with Gasteiger partial charge in [-0.1, -0.05) is 97.1 Å². The number of nitrogens with zero attached hydrogens (tertiary/aromatic N) is 2. The first-order chi connectivity index (χ1) is 22.3. The van der Waals surface area contributed by atoms with E-state index in [1.54, 1.807) is 0 Å². The molecule has 0 atom stereocenters. The van der Waals surface area contributed by atoms with E-state index in [9.17, 15) is 0 Å². The summed E-state index contributed by atoms with van der Waals surface area (Å²) in [7, 11) is 0. The highest BCUT2D eigenvalue weighted by Gasteiger charge is 2.20. The maximum Gasteiger partial charge on any atom is 0.0634 e. The Kier molecular flexibility index (Phi) is 6.03. The van der Waals surface area contributed by atoms with Crippen molar-refractivity contribution in [1.29, 1.82) is 0 Å². The molecule has 9 rings (SSSR count).